The Morgan fingerprint density at radius 2 is 2.00 bits per heavy atom. The topological polar surface area (TPSA) is 72.6 Å². The molecule has 1 heterocycles. The molecule has 0 aliphatic carbocycles. The highest BCUT2D eigenvalue weighted by Gasteiger charge is 2.27. The fourth-order valence-corrected chi connectivity index (χ4v) is 1.22. The van der Waals surface area contributed by atoms with E-state index in [1.807, 2.05) is 20.8 Å². The number of hydrogen-bond acceptors (Lipinski definition) is 3. The Hall–Kier alpha value is -1.10. The SMILES string of the molecule is COC(C)(C)C.NC(=O)[C@@H]1CCCN1C=O. The number of nitrogens with zero attached hydrogens (tertiary/aromatic N) is 1. The Kier molecular flexibility index (Phi) is 6.03. The molecule has 16 heavy (non-hydrogen) atoms. The first kappa shape index (κ1) is 14.9. The van der Waals surface area contributed by atoms with Gasteiger partial charge in [0.1, 0.15) is 6.04 Å². The van der Waals surface area contributed by atoms with Gasteiger partial charge in [0.05, 0.1) is 5.60 Å². The number of ether oxygens (including phenoxy) is 1. The van der Waals surface area contributed by atoms with Crippen LogP contribution in [0.4, 0.5) is 0 Å². The highest BCUT2D eigenvalue weighted by molar-refractivity contribution is 5.82. The van der Waals surface area contributed by atoms with Crippen molar-refractivity contribution in [2.75, 3.05) is 13.7 Å². The van der Waals surface area contributed by atoms with E-state index in [0.717, 1.165) is 6.42 Å². The highest BCUT2D eigenvalue weighted by Crippen LogP contribution is 2.13. The fraction of sp³-hybridized carbons (Fsp3) is 0.818. The number of primary amides is 1. The number of hydrogen-bond donors (Lipinski definition) is 1. The summed E-state index contributed by atoms with van der Waals surface area (Å²) in [5.74, 6) is -0.399. The molecule has 0 aromatic heterocycles. The molecule has 0 aromatic carbocycles. The van der Waals surface area contributed by atoms with Gasteiger partial charge in [0.2, 0.25) is 12.3 Å². The van der Waals surface area contributed by atoms with Crippen molar-refractivity contribution < 1.29 is 14.3 Å². The van der Waals surface area contributed by atoms with Gasteiger partial charge in [0.25, 0.3) is 0 Å². The van der Waals surface area contributed by atoms with Gasteiger partial charge in [0.15, 0.2) is 0 Å². The van der Waals surface area contributed by atoms with Crippen molar-refractivity contribution in [3.8, 4) is 0 Å². The Morgan fingerprint density at radius 3 is 2.25 bits per heavy atom. The normalized spacial score (nSPS) is 20.0. The molecule has 2 amide bonds. The smallest absolute Gasteiger partial charge is 0.240 e. The van der Waals surface area contributed by atoms with E-state index in [0.29, 0.717) is 19.4 Å². The van der Waals surface area contributed by atoms with Gasteiger partial charge in [-0.2, -0.15) is 0 Å². The molecular formula is C11H22N2O3. The highest BCUT2D eigenvalue weighted by atomic mass is 16.5. The van der Waals surface area contributed by atoms with E-state index in [4.69, 9.17) is 10.5 Å². The Bertz CT molecular complexity index is 236. The molecule has 2 N–H and O–H groups in total. The summed E-state index contributed by atoms with van der Waals surface area (Å²) < 4.78 is 4.94. The number of carbonyl (C=O) groups excluding carboxylic acids is 2. The summed E-state index contributed by atoms with van der Waals surface area (Å²) in [6.45, 7) is 6.73. The van der Waals surface area contributed by atoms with Gasteiger partial charge < -0.3 is 15.4 Å². The molecule has 0 aromatic rings. The van der Waals surface area contributed by atoms with Gasteiger partial charge in [-0.25, -0.2) is 0 Å². The molecule has 1 fully saturated rings. The van der Waals surface area contributed by atoms with Gasteiger partial charge in [0, 0.05) is 13.7 Å². The lowest BCUT2D eigenvalue weighted by atomic mass is 10.2. The van der Waals surface area contributed by atoms with Crippen LogP contribution in [0.25, 0.3) is 0 Å². The quantitative estimate of drug-likeness (QED) is 0.703. The zero-order valence-corrected chi connectivity index (χ0v) is 10.5. The fourth-order valence-electron chi connectivity index (χ4n) is 1.22. The van der Waals surface area contributed by atoms with Crippen LogP contribution in [-0.4, -0.2) is 42.5 Å². The zero-order valence-electron chi connectivity index (χ0n) is 10.5. The largest absolute Gasteiger partial charge is 0.379 e. The molecule has 1 aliphatic rings. The summed E-state index contributed by atoms with van der Waals surface area (Å²) in [5.41, 5.74) is 5.07. The number of nitrogens with two attached hydrogens (primary N) is 1. The first-order chi connectivity index (χ1) is 7.31. The van der Waals surface area contributed by atoms with E-state index < -0.39 is 5.91 Å². The molecule has 1 saturated heterocycles. The third-order valence-corrected chi connectivity index (χ3v) is 2.37. The second kappa shape index (κ2) is 6.48. The second-order valence-electron chi connectivity index (χ2n) is 4.72. The van der Waals surface area contributed by atoms with E-state index in [1.165, 1.54) is 4.90 Å². The number of carbonyl (C=O) groups is 2. The molecule has 1 rings (SSSR count). The molecule has 0 bridgehead atoms. The van der Waals surface area contributed by atoms with Crippen LogP contribution < -0.4 is 5.73 Å². The van der Waals surface area contributed by atoms with Crippen molar-refractivity contribution in [2.45, 2.75) is 45.3 Å². The molecule has 5 heteroatoms. The van der Waals surface area contributed by atoms with E-state index in [-0.39, 0.29) is 11.6 Å². The van der Waals surface area contributed by atoms with Crippen molar-refractivity contribution in [3.05, 3.63) is 0 Å². The number of likely N-dealkylation sites (tertiary alicyclic amines) is 1. The van der Waals surface area contributed by atoms with E-state index >= 15 is 0 Å². The minimum Gasteiger partial charge on any atom is -0.379 e. The van der Waals surface area contributed by atoms with Crippen LogP contribution in [0.2, 0.25) is 0 Å². The third-order valence-electron chi connectivity index (χ3n) is 2.37. The van der Waals surface area contributed by atoms with Crippen LogP contribution in [-0.2, 0) is 14.3 Å². The van der Waals surface area contributed by atoms with E-state index in [1.54, 1.807) is 7.11 Å². The number of rotatable bonds is 2. The van der Waals surface area contributed by atoms with Crippen LogP contribution in [0.15, 0.2) is 0 Å². The van der Waals surface area contributed by atoms with Crippen LogP contribution in [0.5, 0.6) is 0 Å². The summed E-state index contributed by atoms with van der Waals surface area (Å²) in [4.78, 5) is 22.3. The Labute approximate surface area is 96.9 Å². The average molecular weight is 230 g/mol. The standard InChI is InChI=1S/C6H10N2O2.C5H12O/c7-6(10)5-2-1-3-8(5)4-9;1-5(2,3)6-4/h4-5H,1-3H2,(H2,7,10);1-4H3/t5-;/m0./s1. The van der Waals surface area contributed by atoms with Crippen molar-refractivity contribution in [2.24, 2.45) is 5.73 Å². The van der Waals surface area contributed by atoms with E-state index in [2.05, 4.69) is 0 Å². The zero-order chi connectivity index (χ0) is 12.8. The first-order valence-electron chi connectivity index (χ1n) is 5.37. The van der Waals surface area contributed by atoms with Gasteiger partial charge >= 0.3 is 0 Å². The predicted octanol–water partition coefficient (Wildman–Crippen LogP) is 0.524. The summed E-state index contributed by atoms with van der Waals surface area (Å²) in [7, 11) is 1.71. The maximum Gasteiger partial charge on any atom is 0.240 e. The monoisotopic (exact) mass is 230 g/mol. The van der Waals surface area contributed by atoms with Crippen LogP contribution >= 0.6 is 0 Å². The molecule has 1 atom stereocenters. The van der Waals surface area contributed by atoms with Crippen LogP contribution in [0.1, 0.15) is 33.6 Å². The van der Waals surface area contributed by atoms with E-state index in [9.17, 15) is 9.59 Å². The average Bonchev–Trinajstić information content (AvgIpc) is 2.65. The molecule has 5 nitrogen and oxygen atoms in total. The predicted molar refractivity (Wildman–Crippen MR) is 61.7 cm³/mol. The van der Waals surface area contributed by atoms with Gasteiger partial charge in [-0.3, -0.25) is 9.59 Å². The molecule has 0 unspecified atom stereocenters. The Morgan fingerprint density at radius 1 is 1.50 bits per heavy atom. The Balaban J connectivity index is 0.000000325. The molecule has 0 radical (unpaired) electrons. The van der Waals surface area contributed by atoms with Crippen molar-refractivity contribution in [3.63, 3.8) is 0 Å². The number of amides is 2. The maximum atomic E-state index is 10.6. The molecule has 1 aliphatic heterocycles. The van der Waals surface area contributed by atoms with Crippen molar-refractivity contribution in [1.82, 2.24) is 4.90 Å². The summed E-state index contributed by atoms with van der Waals surface area (Å²) in [5, 5.41) is 0. The summed E-state index contributed by atoms with van der Waals surface area (Å²) in [6.07, 6.45) is 2.28. The van der Waals surface area contributed by atoms with Gasteiger partial charge in [-0.05, 0) is 33.6 Å². The minimum absolute atomic E-state index is 0.0417. The molecule has 0 saturated carbocycles. The second-order valence-corrected chi connectivity index (χ2v) is 4.72. The molecule has 94 valence electrons. The van der Waals surface area contributed by atoms with Crippen molar-refractivity contribution >= 4 is 12.3 Å². The lowest BCUT2D eigenvalue weighted by molar-refractivity contribution is -0.128. The lowest BCUT2D eigenvalue weighted by Gasteiger charge is -2.15. The minimum atomic E-state index is -0.399. The van der Waals surface area contributed by atoms with Gasteiger partial charge in [-0.1, -0.05) is 0 Å². The third kappa shape index (κ3) is 5.70. The van der Waals surface area contributed by atoms with Crippen molar-refractivity contribution in [1.29, 1.82) is 0 Å². The van der Waals surface area contributed by atoms with Crippen LogP contribution in [0, 0.1) is 0 Å². The summed E-state index contributed by atoms with van der Waals surface area (Å²) >= 11 is 0. The molecular weight excluding hydrogens is 208 g/mol. The van der Waals surface area contributed by atoms with Crippen LogP contribution in [0.3, 0.4) is 0 Å². The first-order valence-corrected chi connectivity index (χ1v) is 5.37. The summed E-state index contributed by atoms with van der Waals surface area (Å²) in [6, 6.07) is -0.350. The lowest BCUT2D eigenvalue weighted by Crippen LogP contribution is -2.39. The maximum absolute atomic E-state index is 10.6. The molecule has 0 spiro atoms. The number of methoxy groups -OCH3 is 1. The van der Waals surface area contributed by atoms with Gasteiger partial charge in [-0.15, -0.1) is 0 Å².